The molecule has 2 N–H and O–H groups in total. The highest BCUT2D eigenvalue weighted by atomic mass is 32.2. The first kappa shape index (κ1) is 22.4. The molecule has 1 saturated heterocycles. The summed E-state index contributed by atoms with van der Waals surface area (Å²) in [5.41, 5.74) is 3.55. The molecule has 0 saturated carbocycles. The fourth-order valence-corrected chi connectivity index (χ4v) is 7.04. The molecular formula is C26H30FN3O2S. The molecule has 0 aliphatic carbocycles. The lowest BCUT2D eigenvalue weighted by Crippen LogP contribution is -2.56. The minimum absolute atomic E-state index is 0.0398. The lowest BCUT2D eigenvalue weighted by Gasteiger charge is -2.47. The molecule has 3 heterocycles. The smallest absolute Gasteiger partial charge is 0.221 e. The van der Waals surface area contributed by atoms with Gasteiger partial charge in [0.05, 0.1) is 11.4 Å². The zero-order valence-corrected chi connectivity index (χ0v) is 19.8. The lowest BCUT2D eigenvalue weighted by atomic mass is 9.73. The largest absolute Gasteiger partial charge is 0.364 e. The Morgan fingerprint density at radius 2 is 2.18 bits per heavy atom. The van der Waals surface area contributed by atoms with Gasteiger partial charge in [-0.15, -0.1) is 11.8 Å². The van der Waals surface area contributed by atoms with E-state index >= 15 is 0 Å². The number of nitrogens with one attached hydrogen (secondary N) is 2. The molecule has 5 rings (SSSR count). The van der Waals surface area contributed by atoms with Crippen LogP contribution < -0.4 is 15.5 Å². The summed E-state index contributed by atoms with van der Waals surface area (Å²) in [4.78, 5) is 28.7. The van der Waals surface area contributed by atoms with E-state index in [0.29, 0.717) is 17.9 Å². The Morgan fingerprint density at radius 1 is 1.30 bits per heavy atom. The average Bonchev–Trinajstić information content (AvgIpc) is 2.91. The summed E-state index contributed by atoms with van der Waals surface area (Å²) in [5, 5.41) is 6.20. The van der Waals surface area contributed by atoms with Crippen molar-refractivity contribution in [3.63, 3.8) is 0 Å². The second-order valence-corrected chi connectivity index (χ2v) is 10.4. The predicted octanol–water partition coefficient (Wildman–Crippen LogP) is 4.97. The van der Waals surface area contributed by atoms with Gasteiger partial charge in [0.25, 0.3) is 0 Å². The van der Waals surface area contributed by atoms with Crippen LogP contribution in [0.25, 0.3) is 0 Å². The number of amides is 1. The Hall–Kier alpha value is -2.38. The van der Waals surface area contributed by atoms with E-state index in [4.69, 9.17) is 0 Å². The standard InChI is InChI=1S/C26H30FN3O2S/c1-17(31)29-22-15-18(27)8-9-20(22)23(32)6-3-10-26-11-12-28-16-21(26)19-5-2-7-24-25(19)30(26)13-4-14-33-24/h2,5,7-9,15,21,28H,3-4,6,10-14,16H2,1H3,(H,29,31)/t21-,26-/m0/s1. The number of carbonyl (C=O) groups excluding carboxylic acids is 2. The number of hydrogen-bond donors (Lipinski definition) is 2. The molecule has 1 fully saturated rings. The maximum Gasteiger partial charge on any atom is 0.221 e. The van der Waals surface area contributed by atoms with E-state index in [0.717, 1.165) is 51.1 Å². The number of para-hydroxylation sites is 1. The first-order chi connectivity index (χ1) is 16.0. The Bertz CT molecular complexity index is 1090. The van der Waals surface area contributed by atoms with Gasteiger partial charge in [-0.3, -0.25) is 9.59 Å². The Kier molecular flexibility index (Phi) is 6.18. The molecule has 7 heteroatoms. The SMILES string of the molecule is CC(=O)Nc1cc(F)ccc1C(=O)CCC[C@]12CCNC[C@H]1c1cccc3c1N2CCCS3. The fraction of sp³-hybridized carbons (Fsp3) is 0.462. The molecule has 174 valence electrons. The highest BCUT2D eigenvalue weighted by molar-refractivity contribution is 7.99. The van der Waals surface area contributed by atoms with Crippen molar-refractivity contribution in [2.75, 3.05) is 35.6 Å². The van der Waals surface area contributed by atoms with Gasteiger partial charge in [-0.1, -0.05) is 12.1 Å². The van der Waals surface area contributed by atoms with Crippen LogP contribution >= 0.6 is 11.8 Å². The minimum Gasteiger partial charge on any atom is -0.364 e. The Morgan fingerprint density at radius 3 is 3.03 bits per heavy atom. The van der Waals surface area contributed by atoms with Crippen molar-refractivity contribution in [1.29, 1.82) is 0 Å². The fourth-order valence-electron chi connectivity index (χ4n) is 6.00. The van der Waals surface area contributed by atoms with E-state index in [1.807, 2.05) is 11.8 Å². The van der Waals surface area contributed by atoms with Crippen LogP contribution in [-0.4, -0.2) is 42.6 Å². The van der Waals surface area contributed by atoms with Crippen molar-refractivity contribution in [2.24, 2.45) is 0 Å². The molecule has 0 aromatic heterocycles. The van der Waals surface area contributed by atoms with E-state index in [2.05, 4.69) is 33.7 Å². The van der Waals surface area contributed by atoms with Gasteiger partial charge in [0.15, 0.2) is 5.78 Å². The van der Waals surface area contributed by atoms with Crippen LogP contribution in [0.5, 0.6) is 0 Å². The van der Waals surface area contributed by atoms with E-state index in [-0.39, 0.29) is 22.9 Å². The highest BCUT2D eigenvalue weighted by Gasteiger charge is 2.52. The molecule has 2 aromatic carbocycles. The van der Waals surface area contributed by atoms with Gasteiger partial charge in [-0.2, -0.15) is 0 Å². The van der Waals surface area contributed by atoms with Crippen molar-refractivity contribution < 1.29 is 14.0 Å². The monoisotopic (exact) mass is 467 g/mol. The number of thioether (sulfide) groups is 1. The zero-order valence-electron chi connectivity index (χ0n) is 19.0. The summed E-state index contributed by atoms with van der Waals surface area (Å²) in [5.74, 6) is 0.731. The van der Waals surface area contributed by atoms with E-state index < -0.39 is 5.82 Å². The maximum atomic E-state index is 13.7. The zero-order chi connectivity index (χ0) is 23.0. The molecule has 5 nitrogen and oxygen atoms in total. The maximum absolute atomic E-state index is 13.7. The van der Waals surface area contributed by atoms with Crippen LogP contribution in [0, 0.1) is 5.82 Å². The van der Waals surface area contributed by atoms with Crippen LogP contribution in [-0.2, 0) is 4.79 Å². The third kappa shape index (κ3) is 4.06. The number of benzene rings is 2. The Balaban J connectivity index is 1.37. The van der Waals surface area contributed by atoms with Gasteiger partial charge in [-0.05, 0) is 67.8 Å². The molecule has 1 amide bonds. The van der Waals surface area contributed by atoms with Gasteiger partial charge >= 0.3 is 0 Å². The minimum atomic E-state index is -0.467. The first-order valence-corrected chi connectivity index (χ1v) is 12.8. The third-order valence-corrected chi connectivity index (χ3v) is 8.47. The summed E-state index contributed by atoms with van der Waals surface area (Å²) in [6, 6.07) is 10.7. The van der Waals surface area contributed by atoms with Crippen LogP contribution in [0.2, 0.25) is 0 Å². The van der Waals surface area contributed by atoms with Gasteiger partial charge in [0.2, 0.25) is 5.91 Å². The number of halogens is 1. The number of Topliss-reactive ketones (excluding diaryl/α,β-unsaturated/α-hetero) is 1. The van der Waals surface area contributed by atoms with Gasteiger partial charge in [0, 0.05) is 48.3 Å². The number of hydrogen-bond acceptors (Lipinski definition) is 5. The quantitative estimate of drug-likeness (QED) is 0.588. The molecular weight excluding hydrogens is 437 g/mol. The number of ketones is 1. The molecule has 0 spiro atoms. The van der Waals surface area contributed by atoms with Crippen molar-refractivity contribution in [1.82, 2.24) is 5.32 Å². The van der Waals surface area contributed by atoms with Crippen LogP contribution in [0.1, 0.15) is 60.9 Å². The average molecular weight is 468 g/mol. The topological polar surface area (TPSA) is 61.4 Å². The normalized spacial score (nSPS) is 23.5. The van der Waals surface area contributed by atoms with Crippen LogP contribution in [0.3, 0.4) is 0 Å². The molecule has 33 heavy (non-hydrogen) atoms. The van der Waals surface area contributed by atoms with Crippen LogP contribution in [0.4, 0.5) is 15.8 Å². The summed E-state index contributed by atoms with van der Waals surface area (Å²) < 4.78 is 13.7. The first-order valence-electron chi connectivity index (χ1n) is 11.8. The molecule has 3 aliphatic rings. The van der Waals surface area contributed by atoms with Crippen molar-refractivity contribution >= 4 is 34.8 Å². The molecule has 0 bridgehead atoms. The second kappa shape index (κ2) is 9.11. The number of fused-ring (bicyclic) bond motifs is 3. The molecule has 0 radical (unpaired) electrons. The molecule has 2 atom stereocenters. The lowest BCUT2D eigenvalue weighted by molar-refractivity contribution is -0.114. The number of carbonyl (C=O) groups is 2. The van der Waals surface area contributed by atoms with E-state index in [1.165, 1.54) is 41.3 Å². The van der Waals surface area contributed by atoms with Crippen molar-refractivity contribution in [2.45, 2.75) is 55.4 Å². The molecule has 0 unspecified atom stereocenters. The van der Waals surface area contributed by atoms with Gasteiger partial charge < -0.3 is 15.5 Å². The van der Waals surface area contributed by atoms with Crippen molar-refractivity contribution in [3.8, 4) is 0 Å². The van der Waals surface area contributed by atoms with Gasteiger partial charge in [-0.25, -0.2) is 4.39 Å². The summed E-state index contributed by atoms with van der Waals surface area (Å²) in [6.45, 7) is 4.38. The number of piperidine rings is 1. The van der Waals surface area contributed by atoms with E-state index in [9.17, 15) is 14.0 Å². The third-order valence-electron chi connectivity index (χ3n) is 7.33. The molecule has 3 aliphatic heterocycles. The van der Waals surface area contributed by atoms with Crippen molar-refractivity contribution in [3.05, 3.63) is 53.3 Å². The Labute approximate surface area is 198 Å². The number of anilines is 2. The highest BCUT2D eigenvalue weighted by Crippen LogP contribution is 2.56. The number of nitrogens with zero attached hydrogens (tertiary/aromatic N) is 1. The van der Waals surface area contributed by atoms with Crippen LogP contribution in [0.15, 0.2) is 41.3 Å². The predicted molar refractivity (Wildman–Crippen MR) is 131 cm³/mol. The summed E-state index contributed by atoms with van der Waals surface area (Å²) >= 11 is 1.96. The van der Waals surface area contributed by atoms with Gasteiger partial charge in [0.1, 0.15) is 5.82 Å². The summed E-state index contributed by atoms with van der Waals surface area (Å²) in [6.07, 6.45) is 4.32. The molecule has 2 aromatic rings. The summed E-state index contributed by atoms with van der Waals surface area (Å²) in [7, 11) is 0. The number of rotatable bonds is 6. The van der Waals surface area contributed by atoms with E-state index in [1.54, 1.807) is 0 Å². The second-order valence-electron chi connectivity index (χ2n) is 9.31.